The predicted octanol–water partition coefficient (Wildman–Crippen LogP) is 5.22. The summed E-state index contributed by atoms with van der Waals surface area (Å²) in [5.41, 5.74) is 2.30. The van der Waals surface area contributed by atoms with Gasteiger partial charge >= 0.3 is 0 Å². The van der Waals surface area contributed by atoms with Gasteiger partial charge in [-0.05, 0) is 57.8 Å². The number of benzene rings is 1. The third kappa shape index (κ3) is 4.33. The lowest BCUT2D eigenvalue weighted by atomic mass is 9.71. The van der Waals surface area contributed by atoms with Crippen molar-refractivity contribution in [3.8, 4) is 0 Å². The number of rotatable bonds is 4. The molecule has 1 atom stereocenters. The second kappa shape index (κ2) is 7.98. The second-order valence-corrected chi connectivity index (χ2v) is 9.70. The Kier molecular flexibility index (Phi) is 5.53. The second-order valence-electron chi connectivity index (χ2n) is 8.84. The predicted molar refractivity (Wildman–Crippen MR) is 115 cm³/mol. The topological polar surface area (TPSA) is 73.0 Å². The van der Waals surface area contributed by atoms with Crippen LogP contribution < -0.4 is 5.32 Å². The van der Waals surface area contributed by atoms with E-state index in [4.69, 9.17) is 4.52 Å². The third-order valence-electron chi connectivity index (χ3n) is 5.69. The van der Waals surface area contributed by atoms with Crippen molar-refractivity contribution >= 4 is 27.7 Å². The van der Waals surface area contributed by atoms with E-state index in [0.717, 1.165) is 36.1 Å². The number of nitrogens with one attached hydrogen (secondary N) is 1. The highest BCUT2D eigenvalue weighted by molar-refractivity contribution is 9.10. The zero-order valence-electron chi connectivity index (χ0n) is 17.2. The molecular weight excluding hydrogens is 451 g/mol. The Bertz CT molecular complexity index is 1070. The van der Waals surface area contributed by atoms with Crippen LogP contribution >= 0.6 is 15.9 Å². The summed E-state index contributed by atoms with van der Waals surface area (Å²) in [5, 5.41) is 11.3. The minimum absolute atomic E-state index is 0.158. The van der Waals surface area contributed by atoms with E-state index in [0.29, 0.717) is 28.4 Å². The average molecular weight is 475 g/mol. The Labute approximate surface area is 183 Å². The van der Waals surface area contributed by atoms with Gasteiger partial charge in [0.2, 0.25) is 0 Å². The van der Waals surface area contributed by atoms with E-state index < -0.39 is 0 Å². The first-order valence-corrected chi connectivity index (χ1v) is 10.8. The van der Waals surface area contributed by atoms with Crippen molar-refractivity contribution in [1.82, 2.24) is 14.9 Å². The summed E-state index contributed by atoms with van der Waals surface area (Å²) < 4.78 is 20.9. The molecule has 0 fully saturated rings. The molecule has 3 aromatic rings. The molecule has 6 nitrogen and oxygen atoms in total. The normalized spacial score (nSPS) is 16.4. The minimum Gasteiger partial charge on any atom is -0.360 e. The van der Waals surface area contributed by atoms with Gasteiger partial charge in [-0.3, -0.25) is 9.48 Å². The summed E-state index contributed by atoms with van der Waals surface area (Å²) in [6.07, 6.45) is 4.39. The first-order valence-electron chi connectivity index (χ1n) is 9.97. The first kappa shape index (κ1) is 20.8. The highest BCUT2D eigenvalue weighted by atomic mass is 79.9. The Morgan fingerprint density at radius 2 is 2.07 bits per heavy atom. The molecule has 1 aromatic carbocycles. The van der Waals surface area contributed by atoms with Crippen LogP contribution in [0.15, 0.2) is 39.5 Å². The molecule has 8 heteroatoms. The van der Waals surface area contributed by atoms with Crippen molar-refractivity contribution in [3.05, 3.63) is 63.3 Å². The number of hydrogen-bond donors (Lipinski definition) is 1. The Morgan fingerprint density at radius 3 is 2.77 bits per heavy atom. The molecule has 0 aliphatic heterocycles. The lowest BCUT2D eigenvalue weighted by molar-refractivity contribution is 0.101. The molecule has 0 radical (unpaired) electrons. The summed E-state index contributed by atoms with van der Waals surface area (Å²) in [4.78, 5) is 12.9. The Hall–Kier alpha value is -2.48. The van der Waals surface area contributed by atoms with Gasteiger partial charge in [0.1, 0.15) is 11.6 Å². The molecule has 0 saturated carbocycles. The van der Waals surface area contributed by atoms with Crippen LogP contribution in [0.1, 0.15) is 54.6 Å². The average Bonchev–Trinajstić information content (AvgIpc) is 3.26. The molecule has 0 saturated heterocycles. The van der Waals surface area contributed by atoms with Crippen molar-refractivity contribution in [1.29, 1.82) is 0 Å². The molecule has 1 aliphatic carbocycles. The number of halogens is 2. The van der Waals surface area contributed by atoms with Gasteiger partial charge in [-0.15, -0.1) is 0 Å². The third-order valence-corrected chi connectivity index (χ3v) is 6.27. The van der Waals surface area contributed by atoms with Gasteiger partial charge in [0.05, 0.1) is 11.0 Å². The molecule has 0 bridgehead atoms. The van der Waals surface area contributed by atoms with Crippen LogP contribution in [-0.4, -0.2) is 20.8 Å². The van der Waals surface area contributed by atoms with Crippen LogP contribution in [0.5, 0.6) is 0 Å². The molecule has 4 rings (SSSR count). The van der Waals surface area contributed by atoms with Gasteiger partial charge in [-0.1, -0.05) is 38.1 Å². The molecule has 158 valence electrons. The van der Waals surface area contributed by atoms with Crippen LogP contribution in [0.3, 0.4) is 0 Å². The summed E-state index contributed by atoms with van der Waals surface area (Å²) in [6.45, 7) is 7.13. The number of nitrogens with zero attached hydrogens (tertiary/aromatic N) is 3. The smallest absolute Gasteiger partial charge is 0.279 e. The number of carbonyl (C=O) groups is 1. The monoisotopic (exact) mass is 474 g/mol. The lowest BCUT2D eigenvalue weighted by Gasteiger charge is -2.33. The highest BCUT2D eigenvalue weighted by Gasteiger charge is 2.34. The van der Waals surface area contributed by atoms with Crippen molar-refractivity contribution < 1.29 is 13.7 Å². The molecule has 1 N–H and O–H groups in total. The van der Waals surface area contributed by atoms with E-state index in [-0.39, 0.29) is 17.1 Å². The van der Waals surface area contributed by atoms with Crippen LogP contribution in [0, 0.1) is 17.2 Å². The van der Waals surface area contributed by atoms with Crippen molar-refractivity contribution in [2.45, 2.75) is 46.6 Å². The quantitative estimate of drug-likeness (QED) is 0.562. The summed E-state index contributed by atoms with van der Waals surface area (Å²) in [7, 11) is 0. The standard InChI is InChI=1S/C22H24BrFN4O2/c1-22(2,3)14-6-9-18-16(10-14)19(27-30-18)21(29)25-20-17(23)12-28(26-20)11-13-4-7-15(24)8-5-13/h4-5,7-8,12,14H,6,9-11H2,1-3H3,(H,25,26,29). The van der Waals surface area contributed by atoms with Gasteiger partial charge in [0, 0.05) is 18.2 Å². The van der Waals surface area contributed by atoms with E-state index >= 15 is 0 Å². The maximum absolute atomic E-state index is 13.1. The molecule has 2 heterocycles. The van der Waals surface area contributed by atoms with Crippen molar-refractivity contribution in [2.75, 3.05) is 5.32 Å². The van der Waals surface area contributed by atoms with Crippen molar-refractivity contribution in [2.24, 2.45) is 11.3 Å². The van der Waals surface area contributed by atoms with Crippen LogP contribution in [-0.2, 0) is 19.4 Å². The van der Waals surface area contributed by atoms with Crippen LogP contribution in [0.25, 0.3) is 0 Å². The fourth-order valence-electron chi connectivity index (χ4n) is 3.83. The molecule has 1 unspecified atom stereocenters. The summed E-state index contributed by atoms with van der Waals surface area (Å²) >= 11 is 3.44. The molecule has 30 heavy (non-hydrogen) atoms. The first-order chi connectivity index (χ1) is 14.2. The minimum atomic E-state index is -0.331. The summed E-state index contributed by atoms with van der Waals surface area (Å²) in [5.74, 6) is 1.07. The van der Waals surface area contributed by atoms with Gasteiger partial charge in [-0.2, -0.15) is 5.10 Å². The number of aromatic nitrogens is 3. The fourth-order valence-corrected chi connectivity index (χ4v) is 4.24. The van der Waals surface area contributed by atoms with Gasteiger partial charge in [0.15, 0.2) is 11.5 Å². The highest BCUT2D eigenvalue weighted by Crippen LogP contribution is 2.38. The number of amides is 1. The Morgan fingerprint density at radius 1 is 1.33 bits per heavy atom. The van der Waals surface area contributed by atoms with Gasteiger partial charge < -0.3 is 9.84 Å². The zero-order chi connectivity index (χ0) is 21.5. The maximum Gasteiger partial charge on any atom is 0.279 e. The number of anilines is 1. The van der Waals surface area contributed by atoms with Crippen LogP contribution in [0.2, 0.25) is 0 Å². The number of aryl methyl sites for hydroxylation is 1. The van der Waals surface area contributed by atoms with E-state index in [1.807, 2.05) is 0 Å². The number of fused-ring (bicyclic) bond motifs is 1. The lowest BCUT2D eigenvalue weighted by Crippen LogP contribution is -2.27. The molecule has 1 aliphatic rings. The zero-order valence-corrected chi connectivity index (χ0v) is 18.8. The maximum atomic E-state index is 13.1. The van der Waals surface area contributed by atoms with E-state index in [1.54, 1.807) is 23.0 Å². The van der Waals surface area contributed by atoms with E-state index in [1.165, 1.54) is 12.1 Å². The molecule has 1 amide bonds. The van der Waals surface area contributed by atoms with Gasteiger partial charge in [0.25, 0.3) is 5.91 Å². The summed E-state index contributed by atoms with van der Waals surface area (Å²) in [6, 6.07) is 6.23. The molecule has 2 aromatic heterocycles. The van der Waals surface area contributed by atoms with E-state index in [2.05, 4.69) is 52.3 Å². The number of carbonyl (C=O) groups excluding carboxylic acids is 1. The van der Waals surface area contributed by atoms with Gasteiger partial charge in [-0.25, -0.2) is 4.39 Å². The molecule has 0 spiro atoms. The Balaban J connectivity index is 1.50. The largest absolute Gasteiger partial charge is 0.360 e. The van der Waals surface area contributed by atoms with Crippen LogP contribution in [0.4, 0.5) is 10.2 Å². The SMILES string of the molecule is CC(C)(C)C1CCc2onc(C(=O)Nc3nn(Cc4ccc(F)cc4)cc3Br)c2C1. The fraction of sp³-hybridized carbons (Fsp3) is 0.409. The number of hydrogen-bond acceptors (Lipinski definition) is 4. The van der Waals surface area contributed by atoms with E-state index in [9.17, 15) is 9.18 Å². The van der Waals surface area contributed by atoms with Crippen molar-refractivity contribution in [3.63, 3.8) is 0 Å². The molecular formula is C22H24BrFN4O2.